The maximum atomic E-state index is 4.73. The molecular weight excluding hydrogens is 250 g/mol. The van der Waals surface area contributed by atoms with Crippen LogP contribution in [0.1, 0.15) is 18.5 Å². The van der Waals surface area contributed by atoms with E-state index in [4.69, 9.17) is 4.98 Å². The number of piperidine rings is 1. The van der Waals surface area contributed by atoms with Gasteiger partial charge in [-0.1, -0.05) is 0 Å². The van der Waals surface area contributed by atoms with Gasteiger partial charge in [-0.05, 0) is 38.8 Å². The highest BCUT2D eigenvalue weighted by atomic mass is 15.1. The van der Waals surface area contributed by atoms with Crippen LogP contribution in [-0.4, -0.2) is 44.6 Å². The molecule has 0 spiro atoms. The second-order valence-corrected chi connectivity index (χ2v) is 5.73. The SMILES string of the molecule is CN1CCC[C@@H](Cc2cncc(-c3nccn3C)n2)C1. The monoisotopic (exact) mass is 271 g/mol. The normalized spacial score (nSPS) is 20.2. The van der Waals surface area contributed by atoms with Crippen LogP contribution in [0.15, 0.2) is 24.8 Å². The summed E-state index contributed by atoms with van der Waals surface area (Å²) in [5.74, 6) is 1.57. The van der Waals surface area contributed by atoms with Crippen molar-refractivity contribution in [3.05, 3.63) is 30.5 Å². The van der Waals surface area contributed by atoms with Crippen molar-refractivity contribution < 1.29 is 0 Å². The molecule has 1 aliphatic heterocycles. The van der Waals surface area contributed by atoms with E-state index in [1.54, 1.807) is 12.4 Å². The number of nitrogens with zero attached hydrogens (tertiary/aromatic N) is 5. The van der Waals surface area contributed by atoms with Gasteiger partial charge < -0.3 is 9.47 Å². The van der Waals surface area contributed by atoms with Gasteiger partial charge in [0.1, 0.15) is 5.69 Å². The molecule has 0 bridgehead atoms. The lowest BCUT2D eigenvalue weighted by molar-refractivity contribution is 0.208. The Bertz CT molecular complexity index is 577. The van der Waals surface area contributed by atoms with E-state index in [0.29, 0.717) is 5.92 Å². The van der Waals surface area contributed by atoms with Crippen molar-refractivity contribution in [1.82, 2.24) is 24.4 Å². The first kappa shape index (κ1) is 13.2. The standard InChI is InChI=1S/C15H21N5/c1-19-6-3-4-12(11-19)8-13-9-16-10-14(18-13)15-17-5-7-20(15)2/h5,7,9-10,12H,3-4,6,8,11H2,1-2H3/t12-/m0/s1. The van der Waals surface area contributed by atoms with Crippen molar-refractivity contribution in [2.75, 3.05) is 20.1 Å². The van der Waals surface area contributed by atoms with E-state index < -0.39 is 0 Å². The lowest BCUT2D eigenvalue weighted by Gasteiger charge is -2.29. The molecule has 2 aromatic rings. The van der Waals surface area contributed by atoms with Crippen LogP contribution in [-0.2, 0) is 13.5 Å². The molecule has 0 aromatic carbocycles. The van der Waals surface area contributed by atoms with E-state index >= 15 is 0 Å². The van der Waals surface area contributed by atoms with E-state index in [2.05, 4.69) is 21.9 Å². The van der Waals surface area contributed by atoms with Crippen LogP contribution in [0, 0.1) is 5.92 Å². The molecule has 1 aliphatic rings. The summed E-state index contributed by atoms with van der Waals surface area (Å²) in [6.07, 6.45) is 11.0. The average Bonchev–Trinajstić information content (AvgIpc) is 2.85. The largest absolute Gasteiger partial charge is 0.333 e. The molecule has 3 heterocycles. The molecule has 20 heavy (non-hydrogen) atoms. The van der Waals surface area contributed by atoms with Gasteiger partial charge in [0, 0.05) is 32.2 Å². The first-order valence-corrected chi connectivity index (χ1v) is 7.19. The Morgan fingerprint density at radius 2 is 2.20 bits per heavy atom. The lowest BCUT2D eigenvalue weighted by atomic mass is 9.94. The molecule has 1 saturated heterocycles. The Balaban J connectivity index is 1.76. The second-order valence-electron chi connectivity index (χ2n) is 5.73. The molecule has 0 aliphatic carbocycles. The number of rotatable bonds is 3. The van der Waals surface area contributed by atoms with Crippen LogP contribution in [0.25, 0.3) is 11.5 Å². The maximum Gasteiger partial charge on any atom is 0.159 e. The van der Waals surface area contributed by atoms with Gasteiger partial charge in [-0.2, -0.15) is 0 Å². The van der Waals surface area contributed by atoms with Gasteiger partial charge in [0.25, 0.3) is 0 Å². The van der Waals surface area contributed by atoms with Gasteiger partial charge in [-0.25, -0.2) is 9.97 Å². The van der Waals surface area contributed by atoms with E-state index in [9.17, 15) is 0 Å². The van der Waals surface area contributed by atoms with Crippen LogP contribution in [0.2, 0.25) is 0 Å². The molecule has 1 fully saturated rings. The Morgan fingerprint density at radius 1 is 1.30 bits per heavy atom. The minimum Gasteiger partial charge on any atom is -0.333 e. The highest BCUT2D eigenvalue weighted by molar-refractivity contribution is 5.47. The topological polar surface area (TPSA) is 46.8 Å². The van der Waals surface area contributed by atoms with Gasteiger partial charge in [0.2, 0.25) is 0 Å². The number of hydrogen-bond donors (Lipinski definition) is 0. The molecular formula is C15H21N5. The molecule has 5 nitrogen and oxygen atoms in total. The van der Waals surface area contributed by atoms with E-state index in [1.165, 1.54) is 19.4 Å². The highest BCUT2D eigenvalue weighted by Crippen LogP contribution is 2.20. The highest BCUT2D eigenvalue weighted by Gasteiger charge is 2.18. The van der Waals surface area contributed by atoms with Crippen LogP contribution in [0.3, 0.4) is 0 Å². The summed E-state index contributed by atoms with van der Waals surface area (Å²) in [7, 11) is 4.18. The Morgan fingerprint density at radius 3 is 2.95 bits per heavy atom. The van der Waals surface area contributed by atoms with Crippen molar-refractivity contribution in [3.8, 4) is 11.5 Å². The molecule has 0 saturated carbocycles. The average molecular weight is 271 g/mol. The van der Waals surface area contributed by atoms with Crippen LogP contribution in [0.4, 0.5) is 0 Å². The number of likely N-dealkylation sites (tertiary alicyclic amines) is 1. The van der Waals surface area contributed by atoms with Crippen LogP contribution < -0.4 is 0 Å². The Labute approximate surface area is 119 Å². The van der Waals surface area contributed by atoms with Crippen molar-refractivity contribution in [3.63, 3.8) is 0 Å². The van der Waals surface area contributed by atoms with Crippen LogP contribution >= 0.6 is 0 Å². The summed E-state index contributed by atoms with van der Waals surface area (Å²) in [5.41, 5.74) is 1.94. The lowest BCUT2D eigenvalue weighted by Crippen LogP contribution is -2.33. The second kappa shape index (κ2) is 5.71. The molecule has 1 atom stereocenters. The van der Waals surface area contributed by atoms with Crippen molar-refractivity contribution in [2.45, 2.75) is 19.3 Å². The zero-order valence-electron chi connectivity index (χ0n) is 12.2. The first-order chi connectivity index (χ1) is 9.72. The van der Waals surface area contributed by atoms with E-state index in [0.717, 1.165) is 30.2 Å². The quantitative estimate of drug-likeness (QED) is 0.853. The summed E-state index contributed by atoms with van der Waals surface area (Å²) in [6, 6.07) is 0. The van der Waals surface area contributed by atoms with Crippen molar-refractivity contribution >= 4 is 0 Å². The number of imidazole rings is 1. The first-order valence-electron chi connectivity index (χ1n) is 7.19. The Kier molecular flexibility index (Phi) is 3.78. The van der Waals surface area contributed by atoms with E-state index in [-0.39, 0.29) is 0 Å². The molecule has 0 N–H and O–H groups in total. The predicted octanol–water partition coefficient (Wildman–Crippen LogP) is 1.76. The molecule has 0 amide bonds. The van der Waals surface area contributed by atoms with E-state index in [1.807, 2.05) is 24.0 Å². The maximum absolute atomic E-state index is 4.73. The van der Waals surface area contributed by atoms with Crippen molar-refractivity contribution in [2.24, 2.45) is 13.0 Å². The summed E-state index contributed by atoms with van der Waals surface area (Å²) in [4.78, 5) is 15.8. The third-order valence-electron chi connectivity index (χ3n) is 3.95. The zero-order chi connectivity index (χ0) is 13.9. The van der Waals surface area contributed by atoms with Crippen molar-refractivity contribution in [1.29, 1.82) is 0 Å². The van der Waals surface area contributed by atoms with Gasteiger partial charge in [0.05, 0.1) is 11.9 Å². The summed E-state index contributed by atoms with van der Waals surface area (Å²) < 4.78 is 1.97. The predicted molar refractivity (Wildman–Crippen MR) is 78.2 cm³/mol. The number of aromatic nitrogens is 4. The minimum absolute atomic E-state index is 0.694. The fraction of sp³-hybridized carbons (Fsp3) is 0.533. The van der Waals surface area contributed by atoms with Crippen LogP contribution in [0.5, 0.6) is 0 Å². The summed E-state index contributed by atoms with van der Waals surface area (Å²) >= 11 is 0. The van der Waals surface area contributed by atoms with Gasteiger partial charge in [-0.3, -0.25) is 4.98 Å². The Hall–Kier alpha value is -1.75. The fourth-order valence-corrected chi connectivity index (χ4v) is 2.96. The fourth-order valence-electron chi connectivity index (χ4n) is 2.96. The molecule has 2 aromatic heterocycles. The van der Waals surface area contributed by atoms with Gasteiger partial charge in [-0.15, -0.1) is 0 Å². The molecule has 5 heteroatoms. The van der Waals surface area contributed by atoms with Gasteiger partial charge >= 0.3 is 0 Å². The molecule has 3 rings (SSSR count). The number of hydrogen-bond acceptors (Lipinski definition) is 4. The number of aryl methyl sites for hydroxylation is 1. The summed E-state index contributed by atoms with van der Waals surface area (Å²) in [6.45, 7) is 2.38. The smallest absolute Gasteiger partial charge is 0.159 e. The minimum atomic E-state index is 0.694. The third-order valence-corrected chi connectivity index (χ3v) is 3.95. The molecule has 0 radical (unpaired) electrons. The third kappa shape index (κ3) is 2.88. The molecule has 106 valence electrons. The molecule has 0 unspecified atom stereocenters. The zero-order valence-corrected chi connectivity index (χ0v) is 12.2. The van der Waals surface area contributed by atoms with Gasteiger partial charge in [0.15, 0.2) is 5.82 Å². The summed E-state index contributed by atoms with van der Waals surface area (Å²) in [5, 5.41) is 0.